The molecule has 118 valence electrons. The maximum atomic E-state index is 6.06. The van der Waals surface area contributed by atoms with Gasteiger partial charge in [0.05, 0.1) is 0 Å². The van der Waals surface area contributed by atoms with Crippen LogP contribution in [0.15, 0.2) is 33.8 Å². The average molecular weight is 322 g/mol. The van der Waals surface area contributed by atoms with E-state index in [0.29, 0.717) is 18.1 Å². The standard InChI is InChI=1S/C16H20ClN3O2/c17-15(16-18-13-7-2-3-8-14(13)22-16)19-21-12-6-11-20-9-4-1-5-10-20/h2-3,7-8H,1,4-6,9-12H2/b19-15-. The lowest BCUT2D eigenvalue weighted by Gasteiger charge is -2.25. The Morgan fingerprint density at radius 2 is 2.09 bits per heavy atom. The summed E-state index contributed by atoms with van der Waals surface area (Å²) < 4.78 is 5.52. The van der Waals surface area contributed by atoms with E-state index >= 15 is 0 Å². The van der Waals surface area contributed by atoms with E-state index in [-0.39, 0.29) is 5.17 Å². The topological polar surface area (TPSA) is 50.9 Å². The van der Waals surface area contributed by atoms with Gasteiger partial charge in [-0.05, 0) is 44.5 Å². The van der Waals surface area contributed by atoms with Gasteiger partial charge in [0.1, 0.15) is 12.1 Å². The van der Waals surface area contributed by atoms with Crippen LogP contribution in [-0.4, -0.2) is 41.3 Å². The second-order valence-corrected chi connectivity index (χ2v) is 5.82. The number of hydrogen-bond acceptors (Lipinski definition) is 5. The molecule has 0 amide bonds. The third-order valence-corrected chi connectivity index (χ3v) is 4.00. The van der Waals surface area contributed by atoms with Gasteiger partial charge in [0.15, 0.2) is 5.58 Å². The van der Waals surface area contributed by atoms with E-state index < -0.39 is 0 Å². The molecule has 1 aromatic heterocycles. The van der Waals surface area contributed by atoms with Crippen molar-refractivity contribution >= 4 is 27.9 Å². The molecule has 0 unspecified atom stereocenters. The predicted molar refractivity (Wildman–Crippen MR) is 87.3 cm³/mol. The Morgan fingerprint density at radius 3 is 2.91 bits per heavy atom. The number of aromatic nitrogens is 1. The normalized spacial score (nSPS) is 17.0. The van der Waals surface area contributed by atoms with E-state index in [2.05, 4.69) is 15.0 Å². The molecule has 1 aliphatic heterocycles. The highest BCUT2D eigenvalue weighted by Crippen LogP contribution is 2.16. The molecule has 0 atom stereocenters. The minimum Gasteiger partial charge on any atom is -0.434 e. The summed E-state index contributed by atoms with van der Waals surface area (Å²) >= 11 is 6.06. The Morgan fingerprint density at radius 1 is 1.27 bits per heavy atom. The molecule has 0 bridgehead atoms. The van der Waals surface area contributed by atoms with Crippen LogP contribution in [0.3, 0.4) is 0 Å². The van der Waals surface area contributed by atoms with Crippen molar-refractivity contribution in [1.29, 1.82) is 0 Å². The minimum absolute atomic E-state index is 0.147. The fraction of sp³-hybridized carbons (Fsp3) is 0.500. The minimum atomic E-state index is 0.147. The van der Waals surface area contributed by atoms with Crippen molar-refractivity contribution in [3.63, 3.8) is 0 Å². The summed E-state index contributed by atoms with van der Waals surface area (Å²) in [5, 5.41) is 4.03. The zero-order valence-electron chi connectivity index (χ0n) is 12.5. The first-order chi connectivity index (χ1) is 10.8. The van der Waals surface area contributed by atoms with Crippen molar-refractivity contribution in [1.82, 2.24) is 9.88 Å². The molecular weight excluding hydrogens is 302 g/mol. The van der Waals surface area contributed by atoms with Crippen molar-refractivity contribution in [3.05, 3.63) is 30.2 Å². The SMILES string of the molecule is Cl/C(=N\OCCCN1CCCCC1)c1nc2ccccc2o1. The predicted octanol–water partition coefficient (Wildman–Crippen LogP) is 3.62. The number of halogens is 1. The summed E-state index contributed by atoms with van der Waals surface area (Å²) in [7, 11) is 0. The van der Waals surface area contributed by atoms with Gasteiger partial charge >= 0.3 is 0 Å². The molecule has 1 aliphatic rings. The smallest absolute Gasteiger partial charge is 0.261 e. The number of oxazole rings is 1. The van der Waals surface area contributed by atoms with Crippen LogP contribution in [0.4, 0.5) is 0 Å². The molecule has 2 aromatic rings. The second-order valence-electron chi connectivity index (χ2n) is 5.46. The summed E-state index contributed by atoms with van der Waals surface area (Å²) in [6.45, 7) is 4.00. The molecule has 22 heavy (non-hydrogen) atoms. The summed E-state index contributed by atoms with van der Waals surface area (Å²) in [4.78, 5) is 12.0. The Hall–Kier alpha value is -1.59. The molecular formula is C16H20ClN3O2. The first-order valence-corrected chi connectivity index (χ1v) is 8.14. The van der Waals surface area contributed by atoms with E-state index in [4.69, 9.17) is 20.9 Å². The van der Waals surface area contributed by atoms with E-state index in [1.54, 1.807) is 0 Å². The number of nitrogens with zero attached hydrogens (tertiary/aromatic N) is 3. The Kier molecular flexibility index (Phi) is 5.29. The van der Waals surface area contributed by atoms with Crippen LogP contribution in [0.2, 0.25) is 0 Å². The molecule has 0 N–H and O–H groups in total. The van der Waals surface area contributed by atoms with Crippen molar-refractivity contribution in [2.24, 2.45) is 5.16 Å². The van der Waals surface area contributed by atoms with Crippen LogP contribution >= 0.6 is 11.6 Å². The summed E-state index contributed by atoms with van der Waals surface area (Å²) in [6.07, 6.45) is 4.92. The highest BCUT2D eigenvalue weighted by Gasteiger charge is 2.11. The van der Waals surface area contributed by atoms with Crippen molar-refractivity contribution in [2.45, 2.75) is 25.7 Å². The van der Waals surface area contributed by atoms with Gasteiger partial charge in [-0.25, -0.2) is 4.98 Å². The Labute approximate surface area is 134 Å². The number of fused-ring (bicyclic) bond motifs is 1. The Bertz CT molecular complexity index is 602. The van der Waals surface area contributed by atoms with Gasteiger partial charge in [0, 0.05) is 6.54 Å². The number of para-hydroxylation sites is 2. The molecule has 1 fully saturated rings. The van der Waals surface area contributed by atoms with Crippen LogP contribution in [0.25, 0.3) is 11.1 Å². The molecule has 1 saturated heterocycles. The van der Waals surface area contributed by atoms with Gasteiger partial charge in [-0.1, -0.05) is 35.3 Å². The molecule has 6 heteroatoms. The molecule has 1 aromatic carbocycles. The second kappa shape index (κ2) is 7.61. The lowest BCUT2D eigenvalue weighted by molar-refractivity contribution is 0.125. The van der Waals surface area contributed by atoms with Crippen LogP contribution in [0.5, 0.6) is 0 Å². The highest BCUT2D eigenvalue weighted by molar-refractivity contribution is 6.68. The van der Waals surface area contributed by atoms with Crippen molar-refractivity contribution in [3.8, 4) is 0 Å². The highest BCUT2D eigenvalue weighted by atomic mass is 35.5. The fourth-order valence-electron chi connectivity index (χ4n) is 2.64. The zero-order chi connectivity index (χ0) is 15.2. The fourth-order valence-corrected chi connectivity index (χ4v) is 2.77. The molecule has 3 rings (SSSR count). The lowest BCUT2D eigenvalue weighted by Crippen LogP contribution is -2.31. The van der Waals surface area contributed by atoms with Gasteiger partial charge < -0.3 is 14.2 Å². The van der Waals surface area contributed by atoms with Gasteiger partial charge in [0.2, 0.25) is 5.17 Å². The van der Waals surface area contributed by atoms with Gasteiger partial charge in [-0.2, -0.15) is 0 Å². The first-order valence-electron chi connectivity index (χ1n) is 7.77. The molecule has 0 radical (unpaired) electrons. The number of piperidine rings is 1. The summed E-state index contributed by atoms with van der Waals surface area (Å²) in [5.41, 5.74) is 1.45. The van der Waals surface area contributed by atoms with E-state index in [0.717, 1.165) is 18.5 Å². The van der Waals surface area contributed by atoms with Crippen LogP contribution < -0.4 is 0 Å². The van der Waals surface area contributed by atoms with Crippen LogP contribution in [-0.2, 0) is 4.84 Å². The molecule has 0 aliphatic carbocycles. The first kappa shape index (κ1) is 15.3. The number of hydrogen-bond donors (Lipinski definition) is 0. The van der Waals surface area contributed by atoms with Gasteiger partial charge in [-0.3, -0.25) is 0 Å². The molecule has 0 saturated carbocycles. The zero-order valence-corrected chi connectivity index (χ0v) is 13.3. The monoisotopic (exact) mass is 321 g/mol. The van der Waals surface area contributed by atoms with E-state index in [9.17, 15) is 0 Å². The summed E-state index contributed by atoms with van der Waals surface area (Å²) in [5.74, 6) is 0.291. The van der Waals surface area contributed by atoms with Crippen LogP contribution in [0.1, 0.15) is 31.6 Å². The molecule has 2 heterocycles. The van der Waals surface area contributed by atoms with Crippen molar-refractivity contribution < 1.29 is 9.25 Å². The van der Waals surface area contributed by atoms with E-state index in [1.165, 1.54) is 32.4 Å². The maximum Gasteiger partial charge on any atom is 0.261 e. The molecule has 0 spiro atoms. The van der Waals surface area contributed by atoms with Crippen LogP contribution in [0, 0.1) is 0 Å². The molecule has 5 nitrogen and oxygen atoms in total. The number of oxime groups is 1. The largest absolute Gasteiger partial charge is 0.434 e. The van der Waals surface area contributed by atoms with Gasteiger partial charge in [0.25, 0.3) is 5.89 Å². The summed E-state index contributed by atoms with van der Waals surface area (Å²) in [6, 6.07) is 7.50. The van der Waals surface area contributed by atoms with Crippen molar-refractivity contribution in [2.75, 3.05) is 26.2 Å². The van der Waals surface area contributed by atoms with Gasteiger partial charge in [-0.15, -0.1) is 0 Å². The lowest BCUT2D eigenvalue weighted by atomic mass is 10.1. The maximum absolute atomic E-state index is 6.06. The number of likely N-dealkylation sites (tertiary alicyclic amines) is 1. The third kappa shape index (κ3) is 3.99. The Balaban J connectivity index is 1.45. The quantitative estimate of drug-likeness (QED) is 0.463. The third-order valence-electron chi connectivity index (χ3n) is 3.77. The van der Waals surface area contributed by atoms with E-state index in [1.807, 2.05) is 24.3 Å². The number of benzene rings is 1. The number of rotatable bonds is 6. The average Bonchev–Trinajstić information content (AvgIpc) is 2.99.